The van der Waals surface area contributed by atoms with Gasteiger partial charge in [0.1, 0.15) is 11.3 Å². The molecule has 170 valence electrons. The molecule has 8 nitrogen and oxygen atoms in total. The molecule has 1 fully saturated rings. The highest BCUT2D eigenvalue weighted by Gasteiger charge is 2.25. The fourth-order valence-electron chi connectivity index (χ4n) is 4.29. The number of nitrogens with one attached hydrogen (secondary N) is 1. The van der Waals surface area contributed by atoms with Crippen LogP contribution in [0.3, 0.4) is 0 Å². The van der Waals surface area contributed by atoms with Gasteiger partial charge in [0.25, 0.3) is 5.91 Å². The van der Waals surface area contributed by atoms with E-state index in [-0.39, 0.29) is 23.2 Å². The van der Waals surface area contributed by atoms with E-state index in [0.29, 0.717) is 5.56 Å². The Kier molecular flexibility index (Phi) is 6.41. The Morgan fingerprint density at radius 1 is 1.16 bits per heavy atom. The van der Waals surface area contributed by atoms with Gasteiger partial charge in [-0.1, -0.05) is 13.8 Å². The number of amides is 1. The summed E-state index contributed by atoms with van der Waals surface area (Å²) >= 11 is 0. The largest absolute Gasteiger partial charge is 0.336 e. The predicted octanol–water partition coefficient (Wildman–Crippen LogP) is 2.52. The first-order valence-electron chi connectivity index (χ1n) is 11.4. The minimum absolute atomic E-state index is 0.0447. The Balaban J connectivity index is 1.58. The summed E-state index contributed by atoms with van der Waals surface area (Å²) in [6, 6.07) is 5.57. The number of aryl methyl sites for hydroxylation is 1. The average molecular weight is 437 g/mol. The molecular formula is C24H32N6O2. The summed E-state index contributed by atoms with van der Waals surface area (Å²) in [5.74, 6) is 0.691. The van der Waals surface area contributed by atoms with Gasteiger partial charge in [0, 0.05) is 62.8 Å². The van der Waals surface area contributed by atoms with Crippen molar-refractivity contribution in [3.8, 4) is 0 Å². The first kappa shape index (κ1) is 22.2. The molecule has 0 radical (unpaired) electrons. The maximum absolute atomic E-state index is 13.0. The Hall–Kier alpha value is -3.00. The minimum Gasteiger partial charge on any atom is -0.336 e. The number of hydrogen-bond acceptors (Lipinski definition) is 6. The summed E-state index contributed by atoms with van der Waals surface area (Å²) in [5, 5.41) is 8.37. The van der Waals surface area contributed by atoms with Gasteiger partial charge in [-0.25, -0.2) is 4.98 Å². The second kappa shape index (κ2) is 9.24. The number of carbonyl (C=O) groups is 2. The molecule has 1 N–H and O–H groups in total. The first-order valence-corrected chi connectivity index (χ1v) is 11.4. The molecule has 1 atom stereocenters. The second-order valence-electron chi connectivity index (χ2n) is 8.85. The smallest absolute Gasteiger partial charge is 0.255 e. The van der Waals surface area contributed by atoms with Crippen LogP contribution in [-0.2, 0) is 6.42 Å². The van der Waals surface area contributed by atoms with Gasteiger partial charge in [-0.2, -0.15) is 0 Å². The van der Waals surface area contributed by atoms with E-state index in [9.17, 15) is 9.59 Å². The molecule has 2 aromatic rings. The molecule has 2 aliphatic rings. The molecule has 0 bridgehead atoms. The van der Waals surface area contributed by atoms with Crippen LogP contribution in [0.4, 0.5) is 11.5 Å². The van der Waals surface area contributed by atoms with Crippen LogP contribution in [-0.4, -0.2) is 70.9 Å². The number of anilines is 2. The Morgan fingerprint density at radius 3 is 2.59 bits per heavy atom. The number of piperazine rings is 1. The van der Waals surface area contributed by atoms with Crippen LogP contribution in [0.25, 0.3) is 0 Å². The van der Waals surface area contributed by atoms with Crippen molar-refractivity contribution in [3.05, 3.63) is 47.2 Å². The zero-order valence-corrected chi connectivity index (χ0v) is 19.2. The van der Waals surface area contributed by atoms with E-state index in [4.69, 9.17) is 5.41 Å². The molecule has 1 saturated heterocycles. The fourth-order valence-corrected chi connectivity index (χ4v) is 4.29. The molecule has 1 amide bonds. The average Bonchev–Trinajstić information content (AvgIpc) is 2.82. The number of carbonyl (C=O) groups excluding carboxylic acids is 2. The molecule has 4 rings (SSSR count). The summed E-state index contributed by atoms with van der Waals surface area (Å²) in [5.41, 5.74) is 2.70. The van der Waals surface area contributed by atoms with E-state index in [1.54, 1.807) is 18.5 Å². The molecule has 2 aromatic heterocycles. The number of fused-ring (bicyclic) bond motifs is 1. The highest BCUT2D eigenvalue weighted by atomic mass is 16.2. The summed E-state index contributed by atoms with van der Waals surface area (Å²) in [7, 11) is 2.07. The van der Waals surface area contributed by atoms with Crippen molar-refractivity contribution < 1.29 is 9.59 Å². The Morgan fingerprint density at radius 2 is 1.91 bits per heavy atom. The lowest BCUT2D eigenvalue weighted by molar-refractivity contribution is 0.0663. The second-order valence-corrected chi connectivity index (χ2v) is 8.85. The van der Waals surface area contributed by atoms with E-state index in [1.165, 1.54) is 4.57 Å². The van der Waals surface area contributed by atoms with Crippen molar-refractivity contribution in [2.24, 2.45) is 5.92 Å². The molecule has 2 aliphatic heterocycles. The molecule has 0 aliphatic carbocycles. The van der Waals surface area contributed by atoms with Crippen LogP contribution in [0.1, 0.15) is 47.4 Å². The van der Waals surface area contributed by atoms with Crippen molar-refractivity contribution in [1.29, 1.82) is 5.41 Å². The van der Waals surface area contributed by atoms with Gasteiger partial charge in [-0.05, 0) is 44.0 Å². The quantitative estimate of drug-likeness (QED) is 0.796. The van der Waals surface area contributed by atoms with Crippen LogP contribution >= 0.6 is 0 Å². The Labute approximate surface area is 189 Å². The molecule has 8 heteroatoms. The molecule has 1 unspecified atom stereocenters. The normalized spacial score (nSPS) is 17.7. The summed E-state index contributed by atoms with van der Waals surface area (Å²) in [6.45, 7) is 7.90. The number of nitrogens with zero attached hydrogens (tertiary/aromatic N) is 5. The Bertz CT molecular complexity index is 1070. The van der Waals surface area contributed by atoms with E-state index >= 15 is 0 Å². The van der Waals surface area contributed by atoms with Crippen LogP contribution in [0.2, 0.25) is 0 Å². The van der Waals surface area contributed by atoms with E-state index in [1.807, 2.05) is 30.9 Å². The molecule has 4 heterocycles. The predicted molar refractivity (Wildman–Crippen MR) is 123 cm³/mol. The number of pyridine rings is 2. The van der Waals surface area contributed by atoms with Crippen LogP contribution in [0.15, 0.2) is 30.6 Å². The third-order valence-electron chi connectivity index (χ3n) is 6.59. The zero-order chi connectivity index (χ0) is 22.8. The van der Waals surface area contributed by atoms with Crippen molar-refractivity contribution in [2.75, 3.05) is 44.7 Å². The minimum atomic E-state index is -0.122. The van der Waals surface area contributed by atoms with Crippen molar-refractivity contribution in [2.45, 2.75) is 33.1 Å². The SMILES string of the molecule is CCC(C)C(=O)n1ccc(N2CCCc3cc(C(=O)N4CCN(C)CC4)cnc32)cc1=N. The highest BCUT2D eigenvalue weighted by Crippen LogP contribution is 2.31. The highest BCUT2D eigenvalue weighted by molar-refractivity contribution is 5.94. The maximum Gasteiger partial charge on any atom is 0.255 e. The van der Waals surface area contributed by atoms with Gasteiger partial charge >= 0.3 is 0 Å². The van der Waals surface area contributed by atoms with Crippen LogP contribution in [0, 0.1) is 11.3 Å². The molecule has 0 aromatic carbocycles. The molecular weight excluding hydrogens is 404 g/mol. The van der Waals surface area contributed by atoms with E-state index in [2.05, 4.69) is 21.8 Å². The lowest BCUT2D eigenvalue weighted by Crippen LogP contribution is -2.47. The van der Waals surface area contributed by atoms with E-state index < -0.39 is 0 Å². The van der Waals surface area contributed by atoms with Crippen LogP contribution in [0.5, 0.6) is 0 Å². The van der Waals surface area contributed by atoms with Gasteiger partial charge in [0.2, 0.25) is 5.91 Å². The van der Waals surface area contributed by atoms with Gasteiger partial charge in [0.15, 0.2) is 0 Å². The lowest BCUT2D eigenvalue weighted by atomic mass is 10.0. The van der Waals surface area contributed by atoms with Crippen molar-refractivity contribution in [3.63, 3.8) is 0 Å². The lowest BCUT2D eigenvalue weighted by Gasteiger charge is -2.33. The van der Waals surface area contributed by atoms with E-state index in [0.717, 1.165) is 69.1 Å². The van der Waals surface area contributed by atoms with Gasteiger partial charge < -0.3 is 14.7 Å². The zero-order valence-electron chi connectivity index (χ0n) is 19.2. The standard InChI is InChI=1S/C24H32N6O2/c1-4-17(2)23(31)30-9-7-20(15-21(30)25)29-8-5-6-18-14-19(16-26-22(18)29)24(32)28-12-10-27(3)11-13-28/h7,9,14-17,25H,4-6,8,10-13H2,1-3H3. The number of aromatic nitrogens is 2. The van der Waals surface area contributed by atoms with Crippen molar-refractivity contribution >= 4 is 23.3 Å². The third-order valence-corrected chi connectivity index (χ3v) is 6.59. The topological polar surface area (TPSA) is 85.5 Å². The van der Waals surface area contributed by atoms with Crippen LogP contribution < -0.4 is 10.4 Å². The molecule has 0 saturated carbocycles. The van der Waals surface area contributed by atoms with Crippen molar-refractivity contribution in [1.82, 2.24) is 19.4 Å². The summed E-state index contributed by atoms with van der Waals surface area (Å²) in [4.78, 5) is 36.4. The number of hydrogen-bond donors (Lipinski definition) is 1. The third kappa shape index (κ3) is 4.32. The maximum atomic E-state index is 13.0. The number of rotatable bonds is 4. The monoisotopic (exact) mass is 436 g/mol. The summed E-state index contributed by atoms with van der Waals surface area (Å²) in [6.07, 6.45) is 5.91. The fraction of sp³-hybridized carbons (Fsp3) is 0.500. The summed E-state index contributed by atoms with van der Waals surface area (Å²) < 4.78 is 1.41. The molecule has 0 spiro atoms. The van der Waals surface area contributed by atoms with Gasteiger partial charge in [-0.15, -0.1) is 0 Å². The first-order chi connectivity index (χ1) is 15.4. The number of likely N-dealkylation sites (N-methyl/N-ethyl adjacent to an activating group) is 1. The van der Waals surface area contributed by atoms with Gasteiger partial charge in [-0.3, -0.25) is 19.6 Å². The molecule has 32 heavy (non-hydrogen) atoms. The van der Waals surface area contributed by atoms with Gasteiger partial charge in [0.05, 0.1) is 5.56 Å².